The van der Waals surface area contributed by atoms with E-state index in [9.17, 15) is 28.5 Å². The van der Waals surface area contributed by atoms with Crippen LogP contribution < -0.4 is 27.2 Å². The smallest absolute Gasteiger partial charge is 0.463 e. The highest BCUT2D eigenvalue weighted by Gasteiger charge is 2.51. The molecule has 0 saturated carbocycles. The average Bonchev–Trinajstić information content (AvgIpc) is 3.81. The zero-order valence-corrected chi connectivity index (χ0v) is 33.4. The third kappa shape index (κ3) is 7.97. The number of carbonyl (C=O) groups is 1. The Hall–Kier alpha value is -5.75. The SMILES string of the molecule is CC(=O)OC[C@H]1O[C@@H](n2cc(C)c(=O)[nH]c2=O)C[C@@H]1OP(=O)(F)OC[C@H]1O[C@@H](n2cc(C)c(=O)[nH]c2=O)C[C@@H]1OC1(c2ccccc2)c2ccccc2Oc2ccccc21. The van der Waals surface area contributed by atoms with Crippen LogP contribution in [0.3, 0.4) is 0 Å². The van der Waals surface area contributed by atoms with Gasteiger partial charge in [-0.2, -0.15) is 0 Å². The minimum absolute atomic E-state index is 0.0213. The van der Waals surface area contributed by atoms with Gasteiger partial charge in [-0.3, -0.25) is 42.5 Å². The molecule has 8 rings (SSSR count). The van der Waals surface area contributed by atoms with Crippen molar-refractivity contribution in [2.75, 3.05) is 13.2 Å². The first-order chi connectivity index (χ1) is 28.7. The molecule has 5 heterocycles. The molecular formula is C41H40FN4O13P. The van der Waals surface area contributed by atoms with Crippen molar-refractivity contribution in [3.63, 3.8) is 0 Å². The second-order valence-corrected chi connectivity index (χ2v) is 16.0. The van der Waals surface area contributed by atoms with Crippen molar-refractivity contribution in [2.45, 2.75) is 76.1 Å². The first-order valence-corrected chi connectivity index (χ1v) is 20.5. The van der Waals surface area contributed by atoms with E-state index in [2.05, 4.69) is 9.97 Å². The standard InChI is InChI=1S/C41H40FN4O13P/c1-23-19-45(39(50)43-37(23)48)35-17-31(58-41(26-11-5-4-6-12-26)27-13-7-9-15-29(27)55-30-16-10-8-14-28(30)41)34(57-35)22-54-60(42,52)59-32-18-36(56-33(32)21-53-25(3)47)46-20-24(2)38(49)44-40(46)51/h4-16,19-20,31-36H,17-18,21-22H2,1-3H3,(H,43,48,50)(H,44,49,51)/t31-,32-,33+,34+,35+,36+,60?/m0/s1. The second kappa shape index (κ2) is 16.4. The van der Waals surface area contributed by atoms with E-state index in [1.165, 1.54) is 30.8 Å². The number of ether oxygens (including phenoxy) is 5. The molecule has 0 radical (unpaired) electrons. The Morgan fingerprint density at radius 3 is 1.82 bits per heavy atom. The summed E-state index contributed by atoms with van der Waals surface area (Å²) in [5.74, 6) is 0.339. The molecule has 0 bridgehead atoms. The molecule has 60 heavy (non-hydrogen) atoms. The van der Waals surface area contributed by atoms with Gasteiger partial charge in [0.15, 0.2) is 5.60 Å². The Balaban J connectivity index is 1.12. The monoisotopic (exact) mass is 846 g/mol. The number of carbonyl (C=O) groups excluding carboxylic acids is 1. The highest BCUT2D eigenvalue weighted by atomic mass is 31.2. The lowest BCUT2D eigenvalue weighted by atomic mass is 9.77. The number of benzene rings is 3. The first-order valence-electron chi connectivity index (χ1n) is 19.0. The fourth-order valence-corrected chi connectivity index (χ4v) is 8.73. The van der Waals surface area contributed by atoms with Crippen molar-refractivity contribution in [3.05, 3.63) is 161 Å². The summed E-state index contributed by atoms with van der Waals surface area (Å²) in [5, 5.41) is 0. The summed E-state index contributed by atoms with van der Waals surface area (Å²) in [4.78, 5) is 66.3. The van der Waals surface area contributed by atoms with E-state index >= 15 is 4.20 Å². The summed E-state index contributed by atoms with van der Waals surface area (Å²) in [7, 11) is -5.53. The van der Waals surface area contributed by atoms with Crippen LogP contribution in [0.5, 0.6) is 11.5 Å². The maximum Gasteiger partial charge on any atom is 0.513 e. The lowest BCUT2D eigenvalue weighted by molar-refractivity contribution is -0.147. The predicted octanol–water partition coefficient (Wildman–Crippen LogP) is 4.80. The maximum absolute atomic E-state index is 16.2. The number of fused-ring (bicyclic) bond motifs is 2. The fraction of sp³-hybridized carbons (Fsp3) is 0.341. The lowest BCUT2D eigenvalue weighted by Gasteiger charge is -2.42. The summed E-state index contributed by atoms with van der Waals surface area (Å²) in [6, 6.07) is 24.0. The molecule has 3 aromatic carbocycles. The number of aromatic amines is 2. The van der Waals surface area contributed by atoms with E-state index < -0.39 is 92.1 Å². The molecule has 2 aromatic heterocycles. The summed E-state index contributed by atoms with van der Waals surface area (Å²) in [6.45, 7) is 2.98. The quantitative estimate of drug-likeness (QED) is 0.128. The Morgan fingerprint density at radius 1 is 0.767 bits per heavy atom. The molecule has 2 saturated heterocycles. The second-order valence-electron chi connectivity index (χ2n) is 14.7. The normalized spacial score (nSPS) is 23.9. The molecular weight excluding hydrogens is 806 g/mol. The van der Waals surface area contributed by atoms with Crippen LogP contribution in [-0.4, -0.2) is 62.7 Å². The zero-order valence-electron chi connectivity index (χ0n) is 32.5. The predicted molar refractivity (Wildman–Crippen MR) is 210 cm³/mol. The molecule has 0 spiro atoms. The number of aryl methyl sites for hydroxylation is 2. The minimum Gasteiger partial charge on any atom is -0.463 e. The third-order valence-corrected chi connectivity index (χ3v) is 11.6. The van der Waals surface area contributed by atoms with Crippen LogP contribution in [0.15, 0.2) is 110 Å². The molecule has 314 valence electrons. The average molecular weight is 847 g/mol. The first kappa shape index (κ1) is 41.0. The zero-order chi connectivity index (χ0) is 42.3. The number of para-hydroxylation sites is 2. The van der Waals surface area contributed by atoms with Crippen molar-refractivity contribution in [2.24, 2.45) is 0 Å². The number of nitrogens with one attached hydrogen (secondary N) is 2. The summed E-state index contributed by atoms with van der Waals surface area (Å²) in [5.41, 5.74) is -1.74. The molecule has 0 aliphatic carbocycles. The highest BCUT2D eigenvalue weighted by Crippen LogP contribution is 2.56. The van der Waals surface area contributed by atoms with Gasteiger partial charge in [-0.15, -0.1) is 4.20 Å². The van der Waals surface area contributed by atoms with Crippen LogP contribution in [-0.2, 0) is 43.0 Å². The number of esters is 1. The minimum atomic E-state index is -5.53. The largest absolute Gasteiger partial charge is 0.513 e. The number of halogens is 1. The van der Waals surface area contributed by atoms with E-state index in [1.807, 2.05) is 66.7 Å². The Labute approximate surface area is 340 Å². The number of rotatable bonds is 12. The van der Waals surface area contributed by atoms with Crippen LogP contribution >= 0.6 is 7.91 Å². The molecule has 5 aromatic rings. The lowest BCUT2D eigenvalue weighted by Crippen LogP contribution is -2.42. The van der Waals surface area contributed by atoms with E-state index in [1.54, 1.807) is 12.1 Å². The molecule has 1 unspecified atom stereocenters. The van der Waals surface area contributed by atoms with Gasteiger partial charge in [0.05, 0.1) is 12.7 Å². The summed E-state index contributed by atoms with van der Waals surface area (Å²) < 4.78 is 73.9. The Kier molecular flexibility index (Phi) is 11.2. The Morgan fingerprint density at radius 2 is 1.27 bits per heavy atom. The van der Waals surface area contributed by atoms with Gasteiger partial charge in [0.25, 0.3) is 11.1 Å². The topological polar surface area (TPSA) is 208 Å². The van der Waals surface area contributed by atoms with Crippen molar-refractivity contribution in [3.8, 4) is 11.5 Å². The van der Waals surface area contributed by atoms with Crippen LogP contribution in [0.1, 0.15) is 60.0 Å². The molecule has 7 atom stereocenters. The molecule has 17 nitrogen and oxygen atoms in total. The summed E-state index contributed by atoms with van der Waals surface area (Å²) >= 11 is 0. The number of nitrogens with zero attached hydrogens (tertiary/aromatic N) is 2. The number of hydrogen-bond acceptors (Lipinski definition) is 13. The van der Waals surface area contributed by atoms with Gasteiger partial charge in [-0.1, -0.05) is 66.7 Å². The van der Waals surface area contributed by atoms with Crippen LogP contribution in [0.25, 0.3) is 0 Å². The van der Waals surface area contributed by atoms with E-state index in [0.717, 1.165) is 11.5 Å². The molecule has 2 N–H and O–H groups in total. The highest BCUT2D eigenvalue weighted by molar-refractivity contribution is 7.48. The third-order valence-electron chi connectivity index (χ3n) is 10.6. The molecule has 3 aliphatic rings. The van der Waals surface area contributed by atoms with E-state index in [4.69, 9.17) is 32.7 Å². The molecule has 0 amide bonds. The van der Waals surface area contributed by atoms with E-state index in [0.29, 0.717) is 28.2 Å². The van der Waals surface area contributed by atoms with E-state index in [-0.39, 0.29) is 24.0 Å². The van der Waals surface area contributed by atoms with Crippen molar-refractivity contribution in [1.29, 1.82) is 0 Å². The van der Waals surface area contributed by atoms with Crippen LogP contribution in [0.2, 0.25) is 0 Å². The fourth-order valence-electron chi connectivity index (χ4n) is 7.79. The van der Waals surface area contributed by atoms with Gasteiger partial charge in [-0.25, -0.2) is 14.2 Å². The van der Waals surface area contributed by atoms with Crippen LogP contribution in [0, 0.1) is 13.8 Å². The van der Waals surface area contributed by atoms with Crippen molar-refractivity contribution >= 4 is 13.9 Å². The van der Waals surface area contributed by atoms with Gasteiger partial charge in [0.2, 0.25) is 0 Å². The Bertz CT molecular complexity index is 2670. The van der Waals surface area contributed by atoms with Gasteiger partial charge < -0.3 is 23.7 Å². The summed E-state index contributed by atoms with van der Waals surface area (Å²) in [6.07, 6.45) is -4.67. The van der Waals surface area contributed by atoms with Crippen molar-refractivity contribution < 1.29 is 46.3 Å². The molecule has 2 fully saturated rings. The molecule has 3 aliphatic heterocycles. The van der Waals surface area contributed by atoms with Gasteiger partial charge >= 0.3 is 25.3 Å². The van der Waals surface area contributed by atoms with Gasteiger partial charge in [0.1, 0.15) is 48.9 Å². The van der Waals surface area contributed by atoms with Gasteiger partial charge in [0, 0.05) is 54.4 Å². The number of aromatic nitrogens is 4. The number of H-pyrrole nitrogens is 2. The van der Waals surface area contributed by atoms with Crippen LogP contribution in [0.4, 0.5) is 4.20 Å². The molecule has 19 heteroatoms. The maximum atomic E-state index is 16.2. The van der Waals surface area contributed by atoms with Crippen molar-refractivity contribution in [1.82, 2.24) is 19.1 Å². The number of hydrogen-bond donors (Lipinski definition) is 2. The van der Waals surface area contributed by atoms with Gasteiger partial charge in [-0.05, 0) is 31.5 Å².